The molecule has 0 bridgehead atoms. The van der Waals surface area contributed by atoms with E-state index >= 15 is 0 Å². The van der Waals surface area contributed by atoms with Crippen molar-refractivity contribution in [2.45, 2.75) is 51.3 Å². The Morgan fingerprint density at radius 1 is 1.22 bits per heavy atom. The topological polar surface area (TPSA) is 84.3 Å². The summed E-state index contributed by atoms with van der Waals surface area (Å²) in [5.41, 5.74) is 1.49. The number of aromatic nitrogens is 2. The fraction of sp³-hybridized carbons (Fsp3) is 0.579. The molecule has 1 aromatic carbocycles. The lowest BCUT2D eigenvalue weighted by Crippen LogP contribution is -2.30. The average Bonchev–Trinajstić information content (AvgIpc) is 2.96. The van der Waals surface area contributed by atoms with E-state index < -0.39 is 10.0 Å². The van der Waals surface area contributed by atoms with Crippen molar-refractivity contribution in [2.75, 3.05) is 19.6 Å². The van der Waals surface area contributed by atoms with Crippen molar-refractivity contribution >= 4 is 27.0 Å². The first kappa shape index (κ1) is 21.4. The second-order valence-electron chi connectivity index (χ2n) is 6.53. The summed E-state index contributed by atoms with van der Waals surface area (Å²) in [7, 11) is -1.63. The van der Waals surface area contributed by atoms with E-state index in [1.165, 1.54) is 4.31 Å². The van der Waals surface area contributed by atoms with Crippen molar-refractivity contribution in [3.63, 3.8) is 0 Å². The van der Waals surface area contributed by atoms with Gasteiger partial charge in [0.05, 0.1) is 15.9 Å². The smallest absolute Gasteiger partial charge is 0.243 e. The minimum atomic E-state index is -3.51. The number of imidazole rings is 1. The highest BCUT2D eigenvalue weighted by molar-refractivity contribution is 7.89. The Balaban J connectivity index is 2.20. The van der Waals surface area contributed by atoms with Crippen molar-refractivity contribution in [2.24, 2.45) is 7.05 Å². The van der Waals surface area contributed by atoms with Gasteiger partial charge in [-0.1, -0.05) is 27.2 Å². The molecule has 150 valence electrons. The SMILES string of the molecule is CCCCNC(=O)CCc1nc2cc(S(=O)(=O)N(CC)CC)ccc2n1C. The lowest BCUT2D eigenvalue weighted by molar-refractivity contribution is -0.121. The van der Waals surface area contributed by atoms with Crippen molar-refractivity contribution in [1.82, 2.24) is 19.2 Å². The number of nitrogens with one attached hydrogen (secondary N) is 1. The number of hydrogen-bond donors (Lipinski definition) is 1. The Bertz CT molecular complexity index is 886. The van der Waals surface area contributed by atoms with E-state index in [0.717, 1.165) is 24.2 Å². The third-order valence-electron chi connectivity index (χ3n) is 4.72. The fourth-order valence-corrected chi connectivity index (χ4v) is 4.52. The molecule has 0 fully saturated rings. The van der Waals surface area contributed by atoms with Crippen LogP contribution in [0.3, 0.4) is 0 Å². The average molecular weight is 395 g/mol. The molecule has 0 unspecified atom stereocenters. The van der Waals surface area contributed by atoms with Crippen LogP contribution in [0.4, 0.5) is 0 Å². The van der Waals surface area contributed by atoms with Gasteiger partial charge in [0.2, 0.25) is 15.9 Å². The third kappa shape index (κ3) is 4.87. The summed E-state index contributed by atoms with van der Waals surface area (Å²) in [4.78, 5) is 16.7. The molecule has 1 aromatic heterocycles. The molecule has 0 aliphatic carbocycles. The van der Waals surface area contributed by atoms with Crippen LogP contribution in [0.2, 0.25) is 0 Å². The zero-order valence-electron chi connectivity index (χ0n) is 16.7. The van der Waals surface area contributed by atoms with Crippen molar-refractivity contribution in [1.29, 1.82) is 0 Å². The molecule has 2 rings (SSSR count). The quantitative estimate of drug-likeness (QED) is 0.627. The third-order valence-corrected chi connectivity index (χ3v) is 6.76. The molecule has 1 heterocycles. The summed E-state index contributed by atoms with van der Waals surface area (Å²) < 4.78 is 28.8. The molecule has 0 spiro atoms. The summed E-state index contributed by atoms with van der Waals surface area (Å²) in [5.74, 6) is 0.785. The molecule has 8 heteroatoms. The second-order valence-corrected chi connectivity index (χ2v) is 8.47. The van der Waals surface area contributed by atoms with Crippen LogP contribution in [0.5, 0.6) is 0 Å². The standard InChI is InChI=1S/C19H30N4O3S/c1-5-8-13-20-19(24)12-11-18-21-16-14-15(9-10-17(16)22(18)4)27(25,26)23(6-2)7-3/h9-10,14H,5-8,11-13H2,1-4H3,(H,20,24). The molecule has 27 heavy (non-hydrogen) atoms. The van der Waals surface area contributed by atoms with Crippen molar-refractivity contribution in [3.05, 3.63) is 24.0 Å². The van der Waals surface area contributed by atoms with Gasteiger partial charge < -0.3 is 9.88 Å². The Hall–Kier alpha value is -1.93. The van der Waals surface area contributed by atoms with Crippen LogP contribution in [-0.4, -0.2) is 47.8 Å². The highest BCUT2D eigenvalue weighted by Gasteiger charge is 2.22. The molecular formula is C19H30N4O3S. The number of unbranched alkanes of at least 4 members (excludes halogenated alkanes) is 1. The molecule has 0 radical (unpaired) electrons. The van der Waals surface area contributed by atoms with Gasteiger partial charge in [-0.2, -0.15) is 4.31 Å². The largest absolute Gasteiger partial charge is 0.356 e. The molecule has 1 amide bonds. The van der Waals surface area contributed by atoms with Gasteiger partial charge in [-0.25, -0.2) is 13.4 Å². The van der Waals surface area contributed by atoms with Crippen LogP contribution >= 0.6 is 0 Å². The number of nitrogens with zero attached hydrogens (tertiary/aromatic N) is 3. The maximum Gasteiger partial charge on any atom is 0.243 e. The van der Waals surface area contributed by atoms with Crippen LogP contribution in [0.15, 0.2) is 23.1 Å². The van der Waals surface area contributed by atoms with Crippen molar-refractivity contribution < 1.29 is 13.2 Å². The Kier molecular flexibility index (Phi) is 7.38. The summed E-state index contributed by atoms with van der Waals surface area (Å²) >= 11 is 0. The summed E-state index contributed by atoms with van der Waals surface area (Å²) in [6, 6.07) is 5.02. The van der Waals surface area contributed by atoms with Gasteiger partial charge in [0.1, 0.15) is 5.82 Å². The Morgan fingerprint density at radius 2 is 1.93 bits per heavy atom. The Morgan fingerprint density at radius 3 is 2.56 bits per heavy atom. The molecule has 0 aliphatic rings. The van der Waals surface area contributed by atoms with Gasteiger partial charge in [0.25, 0.3) is 0 Å². The predicted octanol–water partition coefficient (Wildman–Crippen LogP) is 2.45. The lowest BCUT2D eigenvalue weighted by Gasteiger charge is -2.18. The molecule has 1 N–H and O–H groups in total. The highest BCUT2D eigenvalue weighted by atomic mass is 32.2. The lowest BCUT2D eigenvalue weighted by atomic mass is 10.2. The van der Waals surface area contributed by atoms with E-state index in [-0.39, 0.29) is 10.8 Å². The highest BCUT2D eigenvalue weighted by Crippen LogP contribution is 2.22. The van der Waals surface area contributed by atoms with Crippen molar-refractivity contribution in [3.8, 4) is 0 Å². The van der Waals surface area contributed by atoms with Gasteiger partial charge in [-0.05, 0) is 24.6 Å². The number of rotatable bonds is 10. The van der Waals surface area contributed by atoms with E-state index in [1.807, 2.05) is 25.5 Å². The monoisotopic (exact) mass is 394 g/mol. The van der Waals surface area contributed by atoms with Crippen LogP contribution < -0.4 is 5.32 Å². The first-order chi connectivity index (χ1) is 12.8. The van der Waals surface area contributed by atoms with Gasteiger partial charge in [-0.15, -0.1) is 0 Å². The van der Waals surface area contributed by atoms with Gasteiger partial charge in [0.15, 0.2) is 0 Å². The van der Waals surface area contributed by atoms with Crippen LogP contribution in [0, 0.1) is 0 Å². The van der Waals surface area contributed by atoms with E-state index in [4.69, 9.17) is 0 Å². The number of fused-ring (bicyclic) bond motifs is 1. The van der Waals surface area contributed by atoms with Crippen LogP contribution in [-0.2, 0) is 28.3 Å². The number of carbonyl (C=O) groups is 1. The normalized spacial score (nSPS) is 12.0. The summed E-state index contributed by atoms with van der Waals surface area (Å²) in [6.45, 7) is 7.29. The first-order valence-corrected chi connectivity index (χ1v) is 11.0. The summed E-state index contributed by atoms with van der Waals surface area (Å²) in [6.07, 6.45) is 2.90. The maximum atomic E-state index is 12.7. The number of carbonyl (C=O) groups excluding carboxylic acids is 1. The van der Waals surface area contributed by atoms with E-state index in [2.05, 4.69) is 17.2 Å². The first-order valence-electron chi connectivity index (χ1n) is 9.57. The molecule has 0 atom stereocenters. The molecular weight excluding hydrogens is 364 g/mol. The molecule has 0 saturated heterocycles. The van der Waals surface area contributed by atoms with Gasteiger partial charge in [-0.3, -0.25) is 4.79 Å². The zero-order chi connectivity index (χ0) is 20.0. The second kappa shape index (κ2) is 9.32. The Labute approximate surface area is 161 Å². The number of sulfonamides is 1. The molecule has 0 saturated carbocycles. The van der Waals surface area contributed by atoms with Crippen LogP contribution in [0.25, 0.3) is 11.0 Å². The van der Waals surface area contributed by atoms with E-state index in [9.17, 15) is 13.2 Å². The molecule has 7 nitrogen and oxygen atoms in total. The number of aryl methyl sites for hydroxylation is 2. The number of amides is 1. The fourth-order valence-electron chi connectivity index (χ4n) is 3.04. The van der Waals surface area contributed by atoms with E-state index in [1.54, 1.807) is 18.2 Å². The van der Waals surface area contributed by atoms with Gasteiger partial charge in [0, 0.05) is 39.5 Å². The summed E-state index contributed by atoms with van der Waals surface area (Å²) in [5, 5.41) is 2.90. The molecule has 0 aliphatic heterocycles. The van der Waals surface area contributed by atoms with Crippen LogP contribution in [0.1, 0.15) is 45.9 Å². The number of hydrogen-bond acceptors (Lipinski definition) is 4. The zero-order valence-corrected chi connectivity index (χ0v) is 17.5. The predicted molar refractivity (Wildman–Crippen MR) is 107 cm³/mol. The van der Waals surface area contributed by atoms with E-state index in [0.29, 0.717) is 38.0 Å². The molecule has 2 aromatic rings. The number of benzene rings is 1. The van der Waals surface area contributed by atoms with Gasteiger partial charge >= 0.3 is 0 Å². The minimum Gasteiger partial charge on any atom is -0.356 e. The minimum absolute atomic E-state index is 0.0142. The maximum absolute atomic E-state index is 12.7.